The second kappa shape index (κ2) is 18.6. The van der Waals surface area contributed by atoms with E-state index in [9.17, 15) is 9.59 Å². The van der Waals surface area contributed by atoms with Gasteiger partial charge >= 0.3 is 11.9 Å². The second-order valence-electron chi connectivity index (χ2n) is 13.4. The number of esters is 2. The van der Waals surface area contributed by atoms with E-state index in [2.05, 4.69) is 38.3 Å². The Hall–Kier alpha value is -3.67. The molecule has 2 heterocycles. The van der Waals surface area contributed by atoms with Crippen molar-refractivity contribution in [3.8, 4) is 0 Å². The number of benzene rings is 2. The number of nitrogens with one attached hydrogen (secondary N) is 3. The summed E-state index contributed by atoms with van der Waals surface area (Å²) in [5.41, 5.74) is 19.1. The predicted molar refractivity (Wildman–Crippen MR) is 193 cm³/mol. The standard InChI is InChI=1S/C18H28N3O2.C18H24N3O2.B/c2*1-18(2,3)23-17(22)8-11-21(12-9-19)16-6-4-5-14-13-20-10-7-15(14)16;/h4-6,19-20H,7-13H2,1-3H3;4-7,10,13,19H,8-9,11-12H2,1-3H3;/q2*-1;. The van der Waals surface area contributed by atoms with Crippen LogP contribution in [-0.2, 0) is 32.0 Å². The van der Waals surface area contributed by atoms with Gasteiger partial charge in [0.25, 0.3) is 0 Å². The Labute approximate surface area is 283 Å². The van der Waals surface area contributed by atoms with Crippen molar-refractivity contribution in [1.82, 2.24) is 10.3 Å². The van der Waals surface area contributed by atoms with E-state index < -0.39 is 11.2 Å². The van der Waals surface area contributed by atoms with Gasteiger partial charge in [-0.15, -0.1) is 13.1 Å². The highest BCUT2D eigenvalue weighted by molar-refractivity contribution is 5.93. The molecule has 1 aliphatic heterocycles. The zero-order chi connectivity index (χ0) is 33.7. The summed E-state index contributed by atoms with van der Waals surface area (Å²) < 4.78 is 10.8. The Morgan fingerprint density at radius 1 is 0.809 bits per heavy atom. The number of carbonyl (C=O) groups is 2. The van der Waals surface area contributed by atoms with Crippen molar-refractivity contribution in [1.29, 1.82) is 0 Å². The van der Waals surface area contributed by atoms with E-state index in [-0.39, 0.29) is 26.9 Å². The van der Waals surface area contributed by atoms with Crippen molar-refractivity contribution in [2.75, 3.05) is 55.6 Å². The van der Waals surface area contributed by atoms with Crippen molar-refractivity contribution < 1.29 is 19.1 Å². The molecule has 0 saturated heterocycles. The Kier molecular flexibility index (Phi) is 15.7. The molecular formula is C36H52BN6O4-2. The third-order valence-corrected chi connectivity index (χ3v) is 7.23. The lowest BCUT2D eigenvalue weighted by Gasteiger charge is -2.31. The van der Waals surface area contributed by atoms with Gasteiger partial charge in [-0.3, -0.25) is 14.6 Å². The highest BCUT2D eigenvalue weighted by Crippen LogP contribution is 2.28. The van der Waals surface area contributed by atoms with Crippen molar-refractivity contribution in [3.05, 3.63) is 77.5 Å². The fraction of sp³-hybridized carbons (Fsp3) is 0.528. The molecule has 3 aromatic rings. The lowest BCUT2D eigenvalue weighted by molar-refractivity contribution is -0.155. The van der Waals surface area contributed by atoms with Gasteiger partial charge in [0.2, 0.25) is 0 Å². The summed E-state index contributed by atoms with van der Waals surface area (Å²) in [6, 6.07) is 14.3. The summed E-state index contributed by atoms with van der Waals surface area (Å²) in [5, 5.41) is 5.52. The van der Waals surface area contributed by atoms with Crippen LogP contribution in [0.4, 0.5) is 11.4 Å². The molecular weight excluding hydrogens is 591 g/mol. The molecule has 0 bridgehead atoms. The van der Waals surface area contributed by atoms with Gasteiger partial charge in [-0.05, 0) is 96.9 Å². The molecule has 0 atom stereocenters. The van der Waals surface area contributed by atoms with Gasteiger partial charge in [-0.2, -0.15) is 0 Å². The van der Waals surface area contributed by atoms with Gasteiger partial charge in [0.15, 0.2) is 0 Å². The van der Waals surface area contributed by atoms with Crippen molar-refractivity contribution in [3.63, 3.8) is 0 Å². The van der Waals surface area contributed by atoms with E-state index >= 15 is 0 Å². The van der Waals surface area contributed by atoms with Crippen LogP contribution < -0.4 is 15.1 Å². The zero-order valence-electron chi connectivity index (χ0n) is 29.0. The van der Waals surface area contributed by atoms with Crippen LogP contribution >= 0.6 is 0 Å². The van der Waals surface area contributed by atoms with Crippen molar-refractivity contribution in [2.24, 2.45) is 0 Å². The van der Waals surface area contributed by atoms with Gasteiger partial charge < -0.3 is 36.1 Å². The first kappa shape index (κ1) is 39.5. The number of aromatic nitrogens is 1. The zero-order valence-corrected chi connectivity index (χ0v) is 29.0. The topological polar surface area (TPSA) is 132 Å². The summed E-state index contributed by atoms with van der Waals surface area (Å²) in [5.74, 6) is -0.395. The number of rotatable bonds is 12. The quantitative estimate of drug-likeness (QED) is 0.178. The number of hydrogen-bond acceptors (Lipinski definition) is 8. The molecule has 0 fully saturated rings. The van der Waals surface area contributed by atoms with E-state index in [1.54, 1.807) is 6.20 Å². The Morgan fingerprint density at radius 3 is 1.94 bits per heavy atom. The fourth-order valence-corrected chi connectivity index (χ4v) is 5.40. The molecule has 1 aliphatic rings. The van der Waals surface area contributed by atoms with Crippen LogP contribution in [0.3, 0.4) is 0 Å². The smallest absolute Gasteiger partial charge is 0.308 e. The Balaban J connectivity index is 0.000000320. The predicted octanol–water partition coefficient (Wildman–Crippen LogP) is 6.37. The number of anilines is 2. The van der Waals surface area contributed by atoms with Crippen LogP contribution in [0.1, 0.15) is 65.5 Å². The maximum absolute atomic E-state index is 12.0. The lowest BCUT2D eigenvalue weighted by Crippen LogP contribution is -2.33. The number of fused-ring (bicyclic) bond motifs is 2. The average molecular weight is 644 g/mol. The number of nitrogens with zero attached hydrogens (tertiary/aromatic N) is 3. The van der Waals surface area contributed by atoms with Crippen LogP contribution in [0.5, 0.6) is 0 Å². The van der Waals surface area contributed by atoms with E-state index in [1.165, 1.54) is 16.8 Å². The summed E-state index contributed by atoms with van der Waals surface area (Å²) in [7, 11) is 0. The molecule has 4 rings (SSSR count). The number of ether oxygens (including phenoxy) is 2. The molecule has 0 aliphatic carbocycles. The lowest BCUT2D eigenvalue weighted by atomic mass is 9.98. The van der Waals surface area contributed by atoms with Crippen LogP contribution in [0, 0.1) is 0 Å². The van der Waals surface area contributed by atoms with Gasteiger partial charge in [-0.1, -0.05) is 24.3 Å². The van der Waals surface area contributed by atoms with Crippen LogP contribution in [0.15, 0.2) is 54.9 Å². The fourth-order valence-electron chi connectivity index (χ4n) is 5.40. The highest BCUT2D eigenvalue weighted by atomic mass is 16.6. The summed E-state index contributed by atoms with van der Waals surface area (Å²) in [4.78, 5) is 32.3. The van der Waals surface area contributed by atoms with Gasteiger partial charge in [0.05, 0.1) is 12.8 Å². The van der Waals surface area contributed by atoms with Gasteiger partial charge in [0, 0.05) is 62.6 Å². The maximum atomic E-state index is 12.0. The first-order valence-electron chi connectivity index (χ1n) is 16.2. The van der Waals surface area contributed by atoms with E-state index in [4.69, 9.17) is 20.9 Å². The van der Waals surface area contributed by atoms with Crippen LogP contribution in [-0.4, -0.2) is 82.4 Å². The van der Waals surface area contributed by atoms with Crippen LogP contribution in [0.25, 0.3) is 22.2 Å². The van der Waals surface area contributed by atoms with E-state index in [0.717, 1.165) is 36.0 Å². The monoisotopic (exact) mass is 643 g/mol. The molecule has 0 spiro atoms. The molecule has 47 heavy (non-hydrogen) atoms. The Bertz CT molecular complexity index is 1420. The summed E-state index contributed by atoms with van der Waals surface area (Å²) >= 11 is 0. The largest absolute Gasteiger partial charge is 0.676 e. The molecule has 1 aromatic heterocycles. The molecule has 11 heteroatoms. The minimum Gasteiger partial charge on any atom is -0.676 e. The van der Waals surface area contributed by atoms with E-state index in [1.807, 2.05) is 72.0 Å². The maximum Gasteiger partial charge on any atom is 0.308 e. The van der Waals surface area contributed by atoms with E-state index in [0.29, 0.717) is 45.6 Å². The second-order valence-corrected chi connectivity index (χ2v) is 13.4. The van der Waals surface area contributed by atoms with Crippen LogP contribution in [0.2, 0.25) is 0 Å². The third kappa shape index (κ3) is 13.2. The summed E-state index contributed by atoms with van der Waals surface area (Å²) in [6.45, 7) is 16.0. The van der Waals surface area contributed by atoms with Crippen molar-refractivity contribution in [2.45, 2.75) is 78.6 Å². The number of carbonyl (C=O) groups excluding carboxylic acids is 2. The molecule has 3 N–H and O–H groups in total. The third-order valence-electron chi connectivity index (χ3n) is 7.23. The molecule has 0 amide bonds. The molecule has 3 radical (unpaired) electrons. The number of hydrogen-bond donors (Lipinski definition) is 1. The first-order chi connectivity index (χ1) is 21.8. The average Bonchev–Trinajstić information content (AvgIpc) is 2.99. The first-order valence-corrected chi connectivity index (χ1v) is 16.2. The molecule has 0 unspecified atom stereocenters. The van der Waals surface area contributed by atoms with Gasteiger partial charge in [-0.25, -0.2) is 0 Å². The molecule has 0 saturated carbocycles. The normalized spacial score (nSPS) is 12.6. The SMILES string of the molecule is CC(C)(C)OC(=O)CCN(CC[NH-])c1cccc2c1CCNC2.CC(C)(C)OC(=O)CCN(CC[NH-])c1cccc2cnccc12.[B]. The number of pyridine rings is 1. The Morgan fingerprint density at radius 2 is 1.36 bits per heavy atom. The molecule has 2 aromatic carbocycles. The molecule has 10 nitrogen and oxygen atoms in total. The van der Waals surface area contributed by atoms with Gasteiger partial charge in [0.1, 0.15) is 11.2 Å². The highest BCUT2D eigenvalue weighted by Gasteiger charge is 2.20. The minimum absolute atomic E-state index is 0. The van der Waals surface area contributed by atoms with Crippen molar-refractivity contribution >= 4 is 42.5 Å². The molecule has 255 valence electrons. The minimum atomic E-state index is -0.470. The summed E-state index contributed by atoms with van der Waals surface area (Å²) in [6.07, 6.45) is 5.23.